The van der Waals surface area contributed by atoms with Crippen molar-refractivity contribution in [2.24, 2.45) is 0 Å². The number of rotatable bonds is 2. The van der Waals surface area contributed by atoms with E-state index in [9.17, 15) is 0 Å². The molecule has 0 bridgehead atoms. The third kappa shape index (κ3) is 2.61. The highest BCUT2D eigenvalue weighted by atomic mass is 16.7. The second-order valence-corrected chi connectivity index (χ2v) is 5.70. The molecule has 20 heavy (non-hydrogen) atoms. The van der Waals surface area contributed by atoms with Crippen molar-refractivity contribution in [3.8, 4) is 0 Å². The summed E-state index contributed by atoms with van der Waals surface area (Å²) in [5.74, 6) is 0. The summed E-state index contributed by atoms with van der Waals surface area (Å²) < 4.78 is 23.1. The number of hydrogen-bond donors (Lipinski definition) is 0. The van der Waals surface area contributed by atoms with E-state index in [0.29, 0.717) is 0 Å². The van der Waals surface area contributed by atoms with Crippen LogP contribution >= 0.6 is 0 Å². The van der Waals surface area contributed by atoms with Crippen LogP contribution < -0.4 is 0 Å². The van der Waals surface area contributed by atoms with E-state index >= 15 is 0 Å². The van der Waals surface area contributed by atoms with Gasteiger partial charge < -0.3 is 18.9 Å². The van der Waals surface area contributed by atoms with Gasteiger partial charge in [0.1, 0.15) is 0 Å². The smallest absolute Gasteiger partial charge is 0.184 e. The van der Waals surface area contributed by atoms with E-state index in [4.69, 9.17) is 18.9 Å². The fourth-order valence-corrected chi connectivity index (χ4v) is 2.41. The zero-order chi connectivity index (χ0) is 14.3. The first-order valence-electron chi connectivity index (χ1n) is 7.26. The van der Waals surface area contributed by atoms with Crippen LogP contribution in [0.1, 0.15) is 51.4 Å². The predicted octanol–water partition coefficient (Wildman–Crippen LogP) is 3.33. The SMILES string of the molecule is C[C@@H]1OC(c2ccc(C3O[C@@H](C)[C@@H](C)O3)cc2)O[C@H]1C. The van der Waals surface area contributed by atoms with Gasteiger partial charge in [0.05, 0.1) is 24.4 Å². The molecular weight excluding hydrogens is 256 g/mol. The molecule has 4 heteroatoms. The van der Waals surface area contributed by atoms with E-state index in [1.54, 1.807) is 0 Å². The molecule has 5 atom stereocenters. The zero-order valence-corrected chi connectivity index (χ0v) is 12.4. The Labute approximate surface area is 120 Å². The summed E-state index contributed by atoms with van der Waals surface area (Å²) in [5.41, 5.74) is 2.06. The van der Waals surface area contributed by atoms with Crippen molar-refractivity contribution in [1.29, 1.82) is 0 Å². The maximum atomic E-state index is 5.77. The van der Waals surface area contributed by atoms with E-state index in [1.807, 2.05) is 52.0 Å². The summed E-state index contributed by atoms with van der Waals surface area (Å²) in [7, 11) is 0. The molecule has 0 amide bonds. The molecule has 0 saturated carbocycles. The van der Waals surface area contributed by atoms with Crippen LogP contribution in [-0.4, -0.2) is 24.4 Å². The van der Waals surface area contributed by atoms with Gasteiger partial charge in [-0.1, -0.05) is 24.3 Å². The number of benzene rings is 1. The lowest BCUT2D eigenvalue weighted by Crippen LogP contribution is -2.13. The van der Waals surface area contributed by atoms with Gasteiger partial charge in [-0.05, 0) is 27.7 Å². The molecule has 2 fully saturated rings. The van der Waals surface area contributed by atoms with Crippen LogP contribution in [0.5, 0.6) is 0 Å². The lowest BCUT2D eigenvalue weighted by molar-refractivity contribution is -0.0679. The minimum Gasteiger partial charge on any atom is -0.343 e. The van der Waals surface area contributed by atoms with Crippen LogP contribution in [0.15, 0.2) is 24.3 Å². The summed E-state index contributed by atoms with van der Waals surface area (Å²) >= 11 is 0. The van der Waals surface area contributed by atoms with Gasteiger partial charge in [0.15, 0.2) is 12.6 Å². The molecule has 2 heterocycles. The topological polar surface area (TPSA) is 36.9 Å². The second kappa shape index (κ2) is 5.45. The van der Waals surface area contributed by atoms with E-state index in [1.165, 1.54) is 0 Å². The number of ether oxygens (including phenoxy) is 4. The summed E-state index contributed by atoms with van der Waals surface area (Å²) in [6.45, 7) is 8.12. The van der Waals surface area contributed by atoms with Crippen molar-refractivity contribution in [3.05, 3.63) is 35.4 Å². The van der Waals surface area contributed by atoms with Gasteiger partial charge in [0.2, 0.25) is 0 Å². The normalized spacial score (nSPS) is 38.5. The number of hydrogen-bond acceptors (Lipinski definition) is 4. The molecule has 2 aliphatic rings. The molecule has 1 unspecified atom stereocenters. The van der Waals surface area contributed by atoms with E-state index in [0.717, 1.165) is 11.1 Å². The van der Waals surface area contributed by atoms with Crippen LogP contribution in [0.25, 0.3) is 0 Å². The Bertz CT molecular complexity index is 395. The first-order chi connectivity index (χ1) is 9.54. The molecule has 1 aromatic rings. The highest BCUT2D eigenvalue weighted by Crippen LogP contribution is 2.34. The van der Waals surface area contributed by atoms with Crippen molar-refractivity contribution >= 4 is 0 Å². The molecule has 0 aromatic heterocycles. The third-order valence-corrected chi connectivity index (χ3v) is 4.16. The largest absolute Gasteiger partial charge is 0.343 e. The molecule has 4 nitrogen and oxygen atoms in total. The Hall–Kier alpha value is -0.940. The Balaban J connectivity index is 1.69. The lowest BCUT2D eigenvalue weighted by atomic mass is 10.1. The maximum Gasteiger partial charge on any atom is 0.184 e. The molecule has 0 radical (unpaired) electrons. The first kappa shape index (κ1) is 14.0. The van der Waals surface area contributed by atoms with Gasteiger partial charge in [-0.3, -0.25) is 0 Å². The van der Waals surface area contributed by atoms with Crippen LogP contribution in [0.4, 0.5) is 0 Å². The second-order valence-electron chi connectivity index (χ2n) is 5.70. The minimum atomic E-state index is -0.266. The highest BCUT2D eigenvalue weighted by molar-refractivity contribution is 5.25. The molecule has 2 saturated heterocycles. The molecule has 0 spiro atoms. The lowest BCUT2D eigenvalue weighted by Gasteiger charge is -2.13. The van der Waals surface area contributed by atoms with Gasteiger partial charge >= 0.3 is 0 Å². The summed E-state index contributed by atoms with van der Waals surface area (Å²) in [6.07, 6.45) is -0.0221. The van der Waals surface area contributed by atoms with Gasteiger partial charge in [-0.15, -0.1) is 0 Å². The maximum absolute atomic E-state index is 5.77. The first-order valence-corrected chi connectivity index (χ1v) is 7.26. The van der Waals surface area contributed by atoms with Crippen LogP contribution in [0.2, 0.25) is 0 Å². The molecule has 110 valence electrons. The van der Waals surface area contributed by atoms with Crippen LogP contribution in [0.3, 0.4) is 0 Å². The Morgan fingerprint density at radius 2 is 0.800 bits per heavy atom. The molecule has 2 aliphatic heterocycles. The molecule has 3 rings (SSSR count). The van der Waals surface area contributed by atoms with Crippen LogP contribution in [0, 0.1) is 0 Å². The van der Waals surface area contributed by atoms with Crippen molar-refractivity contribution in [2.45, 2.75) is 64.7 Å². The quantitative estimate of drug-likeness (QED) is 0.831. The minimum absolute atomic E-state index is 0.128. The van der Waals surface area contributed by atoms with Crippen molar-refractivity contribution < 1.29 is 18.9 Å². The van der Waals surface area contributed by atoms with E-state index < -0.39 is 0 Å². The molecule has 0 aliphatic carbocycles. The van der Waals surface area contributed by atoms with Crippen LogP contribution in [-0.2, 0) is 18.9 Å². The monoisotopic (exact) mass is 278 g/mol. The van der Waals surface area contributed by atoms with Gasteiger partial charge in [0.25, 0.3) is 0 Å². The van der Waals surface area contributed by atoms with Crippen molar-refractivity contribution in [1.82, 2.24) is 0 Å². The highest BCUT2D eigenvalue weighted by Gasteiger charge is 2.32. The summed E-state index contributed by atoms with van der Waals surface area (Å²) in [6, 6.07) is 8.08. The zero-order valence-electron chi connectivity index (χ0n) is 12.4. The van der Waals surface area contributed by atoms with Crippen molar-refractivity contribution in [3.63, 3.8) is 0 Å². The molecule has 0 N–H and O–H groups in total. The van der Waals surface area contributed by atoms with Gasteiger partial charge in [-0.25, -0.2) is 0 Å². The fourth-order valence-electron chi connectivity index (χ4n) is 2.41. The molecule has 1 aromatic carbocycles. The van der Waals surface area contributed by atoms with Gasteiger partial charge in [0, 0.05) is 11.1 Å². The Morgan fingerprint density at radius 3 is 1.05 bits per heavy atom. The standard InChI is InChI=1S/C16H22O4/c1-9-10(2)18-15(17-9)13-5-7-14(8-6-13)16-19-11(3)12(4)20-16/h5-12,15-16H,1-4H3/t9-,10-,11-,12+,16?/m0/s1. The van der Waals surface area contributed by atoms with Crippen molar-refractivity contribution in [2.75, 3.05) is 0 Å². The summed E-state index contributed by atoms with van der Waals surface area (Å²) in [4.78, 5) is 0. The van der Waals surface area contributed by atoms with Gasteiger partial charge in [-0.2, -0.15) is 0 Å². The van der Waals surface area contributed by atoms with E-state index in [-0.39, 0.29) is 37.0 Å². The average molecular weight is 278 g/mol. The Morgan fingerprint density at radius 1 is 0.550 bits per heavy atom. The Kier molecular flexibility index (Phi) is 3.82. The molecular formula is C16H22O4. The predicted molar refractivity (Wildman–Crippen MR) is 74.1 cm³/mol. The summed E-state index contributed by atoms with van der Waals surface area (Å²) in [5, 5.41) is 0. The fraction of sp³-hybridized carbons (Fsp3) is 0.625. The average Bonchev–Trinajstić information content (AvgIpc) is 2.94. The van der Waals surface area contributed by atoms with E-state index in [2.05, 4.69) is 0 Å². The third-order valence-electron chi connectivity index (χ3n) is 4.16.